The molecule has 12 heteroatoms. The Bertz CT molecular complexity index is 1430. The standard InChI is InChI=1S/C23H23F2N5O4S/c1-23(2)20-17(12-30(23)35(32,33)16-10-14(24)9-15(25)11-16)21(28-27-20)26-22(31)13-4-5-18-19(8-13)34-7-6-29(18)3/h4-5,8-11H,6-7,12H2,1-3H3,(H2,26,27,28,31). The molecule has 2 N–H and O–H groups in total. The maximum atomic E-state index is 13.7. The first-order valence-electron chi connectivity index (χ1n) is 10.8. The van der Waals surface area contributed by atoms with Crippen LogP contribution in [0, 0.1) is 11.6 Å². The van der Waals surface area contributed by atoms with Gasteiger partial charge in [-0.05, 0) is 44.2 Å². The van der Waals surface area contributed by atoms with Crippen molar-refractivity contribution in [3.8, 4) is 5.75 Å². The Labute approximate surface area is 200 Å². The van der Waals surface area contributed by atoms with Crippen LogP contribution in [0.25, 0.3) is 0 Å². The molecule has 184 valence electrons. The first kappa shape index (κ1) is 23.2. The van der Waals surface area contributed by atoms with E-state index < -0.39 is 38.0 Å². The number of nitrogens with one attached hydrogen (secondary N) is 2. The molecule has 2 aliphatic rings. The summed E-state index contributed by atoms with van der Waals surface area (Å²) in [6.45, 7) is 4.40. The molecule has 3 heterocycles. The van der Waals surface area contributed by atoms with E-state index >= 15 is 0 Å². The van der Waals surface area contributed by atoms with Gasteiger partial charge in [0.05, 0.1) is 28.4 Å². The molecule has 5 rings (SSSR count). The number of fused-ring (bicyclic) bond motifs is 2. The number of nitrogens with zero attached hydrogens (tertiary/aromatic N) is 3. The van der Waals surface area contributed by atoms with Crippen LogP contribution in [0.2, 0.25) is 0 Å². The van der Waals surface area contributed by atoms with Crippen LogP contribution >= 0.6 is 0 Å². The zero-order valence-electron chi connectivity index (χ0n) is 19.2. The highest BCUT2D eigenvalue weighted by Crippen LogP contribution is 2.44. The fourth-order valence-electron chi connectivity index (χ4n) is 4.46. The molecule has 0 spiro atoms. The predicted molar refractivity (Wildman–Crippen MR) is 124 cm³/mol. The van der Waals surface area contributed by atoms with Gasteiger partial charge in [-0.15, -0.1) is 0 Å². The summed E-state index contributed by atoms with van der Waals surface area (Å²) in [5, 5.41) is 9.73. The molecule has 0 unspecified atom stereocenters. The van der Waals surface area contributed by atoms with Crippen LogP contribution in [-0.4, -0.2) is 49.0 Å². The lowest BCUT2D eigenvalue weighted by atomic mass is 10.0. The molecule has 0 aliphatic carbocycles. The van der Waals surface area contributed by atoms with Gasteiger partial charge in [-0.2, -0.15) is 9.40 Å². The van der Waals surface area contributed by atoms with Crippen LogP contribution in [-0.2, 0) is 22.1 Å². The first-order valence-corrected chi connectivity index (χ1v) is 12.3. The van der Waals surface area contributed by atoms with E-state index in [0.717, 1.165) is 28.7 Å². The fraction of sp³-hybridized carbons (Fsp3) is 0.304. The lowest BCUT2D eigenvalue weighted by Crippen LogP contribution is -2.40. The number of ether oxygens (including phenoxy) is 1. The molecular formula is C23H23F2N5O4S. The van der Waals surface area contributed by atoms with Gasteiger partial charge in [0.2, 0.25) is 10.0 Å². The molecule has 0 fully saturated rings. The monoisotopic (exact) mass is 503 g/mol. The highest BCUT2D eigenvalue weighted by atomic mass is 32.2. The third-order valence-corrected chi connectivity index (χ3v) is 8.37. The largest absolute Gasteiger partial charge is 0.490 e. The van der Waals surface area contributed by atoms with Crippen molar-refractivity contribution >= 4 is 27.4 Å². The Morgan fingerprint density at radius 2 is 1.89 bits per heavy atom. The number of carbonyl (C=O) groups excluding carboxylic acids is 1. The fourth-order valence-corrected chi connectivity index (χ4v) is 6.23. The van der Waals surface area contributed by atoms with Crippen molar-refractivity contribution in [2.45, 2.75) is 30.8 Å². The van der Waals surface area contributed by atoms with E-state index in [-0.39, 0.29) is 12.4 Å². The van der Waals surface area contributed by atoms with E-state index in [1.165, 1.54) is 0 Å². The van der Waals surface area contributed by atoms with Crippen LogP contribution in [0.3, 0.4) is 0 Å². The molecule has 9 nitrogen and oxygen atoms in total. The number of benzene rings is 2. The Morgan fingerprint density at radius 3 is 2.60 bits per heavy atom. The number of carbonyl (C=O) groups is 1. The van der Waals surface area contributed by atoms with Crippen molar-refractivity contribution in [1.29, 1.82) is 0 Å². The minimum absolute atomic E-state index is 0.146. The number of hydrogen-bond acceptors (Lipinski definition) is 6. The number of H-pyrrole nitrogens is 1. The second kappa shape index (κ2) is 8.02. The number of amides is 1. The maximum Gasteiger partial charge on any atom is 0.257 e. The minimum atomic E-state index is -4.27. The molecule has 35 heavy (non-hydrogen) atoms. The Kier molecular flexibility index (Phi) is 5.33. The molecule has 1 aromatic heterocycles. The molecule has 0 bridgehead atoms. The van der Waals surface area contributed by atoms with E-state index in [0.29, 0.717) is 35.2 Å². The van der Waals surface area contributed by atoms with Gasteiger partial charge in [0.15, 0.2) is 5.82 Å². The SMILES string of the molecule is CN1CCOc2cc(C(=O)Nc3n[nH]c4c3CN(S(=O)(=O)c3cc(F)cc(F)c3)C4(C)C)ccc21. The van der Waals surface area contributed by atoms with E-state index in [9.17, 15) is 22.0 Å². The molecule has 0 radical (unpaired) electrons. The summed E-state index contributed by atoms with van der Waals surface area (Å²) in [6, 6.07) is 7.28. The number of aromatic amines is 1. The topological polar surface area (TPSA) is 108 Å². The second-order valence-electron chi connectivity index (χ2n) is 9.01. The van der Waals surface area contributed by atoms with Gasteiger partial charge in [0.25, 0.3) is 5.91 Å². The number of anilines is 2. The van der Waals surface area contributed by atoms with Crippen molar-refractivity contribution in [2.24, 2.45) is 0 Å². The van der Waals surface area contributed by atoms with Crippen LogP contribution in [0.15, 0.2) is 41.3 Å². The smallest absolute Gasteiger partial charge is 0.257 e. The number of sulfonamides is 1. The summed E-state index contributed by atoms with van der Waals surface area (Å²) >= 11 is 0. The average molecular weight is 504 g/mol. The van der Waals surface area contributed by atoms with Gasteiger partial charge in [0.1, 0.15) is 24.0 Å². The molecule has 2 aromatic carbocycles. The Hall–Kier alpha value is -3.51. The van der Waals surface area contributed by atoms with Crippen molar-refractivity contribution in [2.75, 3.05) is 30.4 Å². The highest BCUT2D eigenvalue weighted by Gasteiger charge is 2.48. The number of likely N-dealkylation sites (N-methyl/N-ethyl adjacent to an activating group) is 1. The molecule has 0 atom stereocenters. The molecule has 1 amide bonds. The van der Waals surface area contributed by atoms with Gasteiger partial charge in [-0.3, -0.25) is 9.89 Å². The molecule has 3 aromatic rings. The first-order chi connectivity index (χ1) is 16.5. The van der Waals surface area contributed by atoms with Crippen LogP contribution in [0.4, 0.5) is 20.3 Å². The van der Waals surface area contributed by atoms with Crippen molar-refractivity contribution in [3.05, 3.63) is 64.9 Å². The summed E-state index contributed by atoms with van der Waals surface area (Å²) in [6.07, 6.45) is 0. The number of halogens is 2. The molecule has 0 saturated heterocycles. The normalized spacial score (nSPS) is 17.0. The van der Waals surface area contributed by atoms with Crippen molar-refractivity contribution in [1.82, 2.24) is 14.5 Å². The lowest BCUT2D eigenvalue weighted by molar-refractivity contribution is 0.102. The highest BCUT2D eigenvalue weighted by molar-refractivity contribution is 7.89. The third kappa shape index (κ3) is 3.82. The summed E-state index contributed by atoms with van der Waals surface area (Å²) in [7, 11) is -2.33. The van der Waals surface area contributed by atoms with Gasteiger partial charge in [0, 0.05) is 30.8 Å². The summed E-state index contributed by atoms with van der Waals surface area (Å²) in [5.41, 5.74) is 1.07. The zero-order valence-corrected chi connectivity index (χ0v) is 20.0. The Balaban J connectivity index is 1.43. The van der Waals surface area contributed by atoms with E-state index in [1.54, 1.807) is 32.0 Å². The van der Waals surface area contributed by atoms with E-state index in [1.807, 2.05) is 11.9 Å². The summed E-state index contributed by atoms with van der Waals surface area (Å²) < 4.78 is 60.8. The van der Waals surface area contributed by atoms with Gasteiger partial charge in [-0.1, -0.05) is 0 Å². The second-order valence-corrected chi connectivity index (χ2v) is 10.9. The van der Waals surface area contributed by atoms with Crippen LogP contribution < -0.4 is 15.0 Å². The van der Waals surface area contributed by atoms with Gasteiger partial charge < -0.3 is 15.0 Å². The minimum Gasteiger partial charge on any atom is -0.490 e. The maximum absolute atomic E-state index is 13.7. The molecule has 0 saturated carbocycles. The number of rotatable bonds is 4. The van der Waals surface area contributed by atoms with Gasteiger partial charge >= 0.3 is 0 Å². The number of hydrogen-bond donors (Lipinski definition) is 2. The van der Waals surface area contributed by atoms with Crippen molar-refractivity contribution < 1.29 is 26.7 Å². The van der Waals surface area contributed by atoms with Crippen LogP contribution in [0.5, 0.6) is 5.75 Å². The van der Waals surface area contributed by atoms with E-state index in [4.69, 9.17) is 4.74 Å². The predicted octanol–water partition coefficient (Wildman–Crippen LogP) is 3.21. The quantitative estimate of drug-likeness (QED) is 0.566. The lowest BCUT2D eigenvalue weighted by Gasteiger charge is -2.30. The average Bonchev–Trinajstić information content (AvgIpc) is 3.31. The van der Waals surface area contributed by atoms with E-state index in [2.05, 4.69) is 15.5 Å². The third-order valence-electron chi connectivity index (χ3n) is 6.38. The Morgan fingerprint density at radius 1 is 1.17 bits per heavy atom. The summed E-state index contributed by atoms with van der Waals surface area (Å²) in [5.74, 6) is -1.65. The number of aromatic nitrogens is 2. The molecular weight excluding hydrogens is 480 g/mol. The molecule has 2 aliphatic heterocycles. The summed E-state index contributed by atoms with van der Waals surface area (Å²) in [4.78, 5) is 14.5. The van der Waals surface area contributed by atoms with Crippen LogP contribution in [0.1, 0.15) is 35.5 Å². The zero-order chi connectivity index (χ0) is 25.1. The van der Waals surface area contributed by atoms with Crippen molar-refractivity contribution in [3.63, 3.8) is 0 Å². The van der Waals surface area contributed by atoms with Gasteiger partial charge in [-0.25, -0.2) is 17.2 Å².